The average Bonchev–Trinajstić information content (AvgIpc) is 2.46. The highest BCUT2D eigenvalue weighted by atomic mass is 19.1. The Balaban J connectivity index is 2.04. The number of hydrogen-bond donors (Lipinski definition) is 1. The van der Waals surface area contributed by atoms with Crippen molar-refractivity contribution in [3.63, 3.8) is 0 Å². The summed E-state index contributed by atoms with van der Waals surface area (Å²) in [6.07, 6.45) is 0.357. The minimum absolute atomic E-state index is 0.0000744. The molecule has 0 unspecified atom stereocenters. The SMILES string of the molecule is O=C(O)CCc1ccc(OC(=O)c2ccc(F)cc2F)cc1. The van der Waals surface area contributed by atoms with E-state index < -0.39 is 23.6 Å². The third-order valence-corrected chi connectivity index (χ3v) is 2.91. The summed E-state index contributed by atoms with van der Waals surface area (Å²) in [5, 5.41) is 8.59. The largest absolute Gasteiger partial charge is 0.481 e. The number of halogens is 2. The molecule has 0 aliphatic heterocycles. The van der Waals surface area contributed by atoms with Gasteiger partial charge in [-0.2, -0.15) is 0 Å². The molecule has 4 nitrogen and oxygen atoms in total. The van der Waals surface area contributed by atoms with E-state index in [1.54, 1.807) is 12.1 Å². The Bertz CT molecular complexity index is 696. The van der Waals surface area contributed by atoms with E-state index in [0.717, 1.165) is 17.7 Å². The topological polar surface area (TPSA) is 63.6 Å². The summed E-state index contributed by atoms with van der Waals surface area (Å²) in [6.45, 7) is 0. The van der Waals surface area contributed by atoms with Crippen LogP contribution in [0.25, 0.3) is 0 Å². The molecule has 0 aromatic heterocycles. The Morgan fingerprint density at radius 1 is 1.05 bits per heavy atom. The second-order valence-corrected chi connectivity index (χ2v) is 4.55. The van der Waals surface area contributed by atoms with Crippen molar-refractivity contribution in [1.82, 2.24) is 0 Å². The van der Waals surface area contributed by atoms with Gasteiger partial charge < -0.3 is 9.84 Å². The minimum Gasteiger partial charge on any atom is -0.481 e. The average molecular weight is 306 g/mol. The third-order valence-electron chi connectivity index (χ3n) is 2.91. The fourth-order valence-corrected chi connectivity index (χ4v) is 1.79. The van der Waals surface area contributed by atoms with Crippen LogP contribution in [0.4, 0.5) is 8.78 Å². The molecule has 0 atom stereocenters. The maximum atomic E-state index is 13.4. The first-order valence-corrected chi connectivity index (χ1v) is 6.43. The molecule has 2 aromatic carbocycles. The van der Waals surface area contributed by atoms with Crippen LogP contribution in [0.3, 0.4) is 0 Å². The predicted molar refractivity (Wildman–Crippen MR) is 73.7 cm³/mol. The predicted octanol–water partition coefficient (Wildman–Crippen LogP) is 3.20. The summed E-state index contributed by atoms with van der Waals surface area (Å²) in [7, 11) is 0. The molecular formula is C16H12F2O4. The Kier molecular flexibility index (Phi) is 4.83. The molecular weight excluding hydrogens is 294 g/mol. The van der Waals surface area contributed by atoms with E-state index in [-0.39, 0.29) is 17.7 Å². The van der Waals surface area contributed by atoms with Crippen LogP contribution in [0.15, 0.2) is 42.5 Å². The quantitative estimate of drug-likeness (QED) is 0.680. The molecule has 6 heteroatoms. The van der Waals surface area contributed by atoms with Crippen molar-refractivity contribution >= 4 is 11.9 Å². The Morgan fingerprint density at radius 3 is 2.32 bits per heavy atom. The molecule has 0 amide bonds. The van der Waals surface area contributed by atoms with Gasteiger partial charge >= 0.3 is 11.9 Å². The highest BCUT2D eigenvalue weighted by Gasteiger charge is 2.14. The van der Waals surface area contributed by atoms with Gasteiger partial charge in [0, 0.05) is 12.5 Å². The molecule has 0 aliphatic carbocycles. The summed E-state index contributed by atoms with van der Waals surface area (Å²) < 4.78 is 31.2. The third kappa shape index (κ3) is 4.12. The van der Waals surface area contributed by atoms with E-state index in [1.165, 1.54) is 12.1 Å². The molecule has 1 N–H and O–H groups in total. The molecule has 0 saturated carbocycles. The van der Waals surface area contributed by atoms with Crippen molar-refractivity contribution < 1.29 is 28.2 Å². The van der Waals surface area contributed by atoms with Crippen molar-refractivity contribution in [3.05, 3.63) is 65.2 Å². The lowest BCUT2D eigenvalue weighted by molar-refractivity contribution is -0.136. The highest BCUT2D eigenvalue weighted by molar-refractivity contribution is 5.91. The van der Waals surface area contributed by atoms with Crippen LogP contribution in [0, 0.1) is 11.6 Å². The number of benzene rings is 2. The van der Waals surface area contributed by atoms with Gasteiger partial charge in [0.05, 0.1) is 5.56 Å². The van der Waals surface area contributed by atoms with Gasteiger partial charge in [-0.15, -0.1) is 0 Å². The van der Waals surface area contributed by atoms with Crippen molar-refractivity contribution in [2.45, 2.75) is 12.8 Å². The van der Waals surface area contributed by atoms with Crippen LogP contribution in [0.2, 0.25) is 0 Å². The summed E-state index contributed by atoms with van der Waals surface area (Å²) >= 11 is 0. The molecule has 0 bridgehead atoms. The van der Waals surface area contributed by atoms with E-state index in [0.29, 0.717) is 12.5 Å². The lowest BCUT2D eigenvalue weighted by Crippen LogP contribution is -2.11. The normalized spacial score (nSPS) is 10.3. The van der Waals surface area contributed by atoms with Crippen molar-refractivity contribution in [3.8, 4) is 5.75 Å². The number of aryl methyl sites for hydroxylation is 1. The number of esters is 1. The molecule has 0 radical (unpaired) electrons. The van der Waals surface area contributed by atoms with Gasteiger partial charge in [-0.25, -0.2) is 13.6 Å². The first kappa shape index (κ1) is 15.6. The number of carbonyl (C=O) groups excluding carboxylic acids is 1. The summed E-state index contributed by atoms with van der Waals surface area (Å²) in [6, 6.07) is 8.78. The smallest absolute Gasteiger partial charge is 0.346 e. The summed E-state index contributed by atoms with van der Waals surface area (Å²) in [5.74, 6) is -3.43. The van der Waals surface area contributed by atoms with Gasteiger partial charge in [0.1, 0.15) is 17.4 Å². The number of carboxylic acid groups (broad SMARTS) is 1. The molecule has 22 heavy (non-hydrogen) atoms. The van der Waals surface area contributed by atoms with Crippen LogP contribution in [-0.4, -0.2) is 17.0 Å². The first-order chi connectivity index (χ1) is 10.5. The Hall–Kier alpha value is -2.76. The highest BCUT2D eigenvalue weighted by Crippen LogP contribution is 2.17. The number of aliphatic carboxylic acids is 1. The minimum atomic E-state index is -0.997. The van der Waals surface area contributed by atoms with Crippen molar-refractivity contribution in [1.29, 1.82) is 0 Å². The zero-order chi connectivity index (χ0) is 16.1. The van der Waals surface area contributed by atoms with E-state index in [2.05, 4.69) is 0 Å². The van der Waals surface area contributed by atoms with Crippen LogP contribution in [-0.2, 0) is 11.2 Å². The summed E-state index contributed by atoms with van der Waals surface area (Å²) in [5.41, 5.74) is 0.409. The maximum absolute atomic E-state index is 13.4. The molecule has 0 heterocycles. The van der Waals surface area contributed by atoms with Crippen LogP contribution >= 0.6 is 0 Å². The van der Waals surface area contributed by atoms with Gasteiger partial charge in [-0.05, 0) is 36.2 Å². The monoisotopic (exact) mass is 306 g/mol. The molecule has 2 rings (SSSR count). The number of hydrogen-bond acceptors (Lipinski definition) is 3. The van der Waals surface area contributed by atoms with Gasteiger partial charge in [-0.3, -0.25) is 4.79 Å². The first-order valence-electron chi connectivity index (χ1n) is 6.43. The zero-order valence-electron chi connectivity index (χ0n) is 11.4. The molecule has 0 aliphatic rings. The van der Waals surface area contributed by atoms with E-state index in [1.807, 2.05) is 0 Å². The molecule has 2 aromatic rings. The molecule has 114 valence electrons. The fourth-order valence-electron chi connectivity index (χ4n) is 1.79. The second-order valence-electron chi connectivity index (χ2n) is 4.55. The van der Waals surface area contributed by atoms with Gasteiger partial charge in [-0.1, -0.05) is 12.1 Å². The maximum Gasteiger partial charge on any atom is 0.346 e. The van der Waals surface area contributed by atoms with E-state index in [9.17, 15) is 18.4 Å². The number of carbonyl (C=O) groups is 2. The van der Waals surface area contributed by atoms with Gasteiger partial charge in [0.2, 0.25) is 0 Å². The second kappa shape index (κ2) is 6.80. The summed E-state index contributed by atoms with van der Waals surface area (Å²) in [4.78, 5) is 22.3. The Morgan fingerprint density at radius 2 is 1.73 bits per heavy atom. The number of rotatable bonds is 5. The van der Waals surface area contributed by atoms with E-state index in [4.69, 9.17) is 9.84 Å². The standard InChI is InChI=1S/C16H12F2O4/c17-11-4-7-13(14(18)9-11)16(21)22-12-5-1-10(2-6-12)3-8-15(19)20/h1-2,4-7,9H,3,8H2,(H,19,20). The fraction of sp³-hybridized carbons (Fsp3) is 0.125. The lowest BCUT2D eigenvalue weighted by Gasteiger charge is -2.06. The van der Waals surface area contributed by atoms with Crippen molar-refractivity contribution in [2.24, 2.45) is 0 Å². The lowest BCUT2D eigenvalue weighted by atomic mass is 10.1. The molecule has 0 fully saturated rings. The van der Waals surface area contributed by atoms with Gasteiger partial charge in [0.15, 0.2) is 0 Å². The van der Waals surface area contributed by atoms with Crippen LogP contribution in [0.5, 0.6) is 5.75 Å². The van der Waals surface area contributed by atoms with Gasteiger partial charge in [0.25, 0.3) is 0 Å². The van der Waals surface area contributed by atoms with Crippen molar-refractivity contribution in [2.75, 3.05) is 0 Å². The van der Waals surface area contributed by atoms with Crippen LogP contribution in [0.1, 0.15) is 22.3 Å². The molecule has 0 spiro atoms. The number of carboxylic acids is 1. The zero-order valence-corrected chi connectivity index (χ0v) is 11.4. The Labute approximate surface area is 125 Å². The van der Waals surface area contributed by atoms with Crippen LogP contribution < -0.4 is 4.74 Å². The number of ether oxygens (including phenoxy) is 1. The molecule has 0 saturated heterocycles. The van der Waals surface area contributed by atoms with E-state index >= 15 is 0 Å².